The molecule has 0 bridgehead atoms. The first kappa shape index (κ1) is 16.5. The van der Waals surface area contributed by atoms with Crippen molar-refractivity contribution in [2.75, 3.05) is 6.54 Å². The molecule has 1 aromatic rings. The minimum atomic E-state index is -1.02. The Morgan fingerprint density at radius 3 is 2.35 bits per heavy atom. The van der Waals surface area contributed by atoms with Crippen LogP contribution in [0.25, 0.3) is 0 Å². The summed E-state index contributed by atoms with van der Waals surface area (Å²) in [4.78, 5) is 22.9. The molecule has 3 N–H and O–H groups in total. The average molecular weight is 299 g/mol. The summed E-state index contributed by atoms with van der Waals surface area (Å²) in [7, 11) is 0. The number of aliphatic hydroxyl groups excluding tert-OH is 1. The zero-order valence-corrected chi connectivity index (χ0v) is 12.5. The molecule has 0 saturated heterocycles. The van der Waals surface area contributed by atoms with Gasteiger partial charge in [-0.2, -0.15) is 0 Å². The Bertz CT molecular complexity index is 486. The maximum Gasteiger partial charge on any atom is 0.245 e. The first-order valence-electron chi connectivity index (χ1n) is 6.23. The number of carbonyl (C=O) groups is 2. The molecular formula is C14H19ClN2O3. The van der Waals surface area contributed by atoms with Crippen LogP contribution in [0.2, 0.25) is 5.02 Å². The van der Waals surface area contributed by atoms with Crippen molar-refractivity contribution in [1.82, 2.24) is 10.6 Å². The number of hydrogen-bond donors (Lipinski definition) is 3. The van der Waals surface area contributed by atoms with E-state index in [0.29, 0.717) is 10.6 Å². The molecule has 0 heterocycles. The molecule has 0 aliphatic heterocycles. The number of nitrogens with one attached hydrogen (secondary N) is 2. The zero-order chi connectivity index (χ0) is 15.3. The number of hydrogen-bond acceptors (Lipinski definition) is 3. The van der Waals surface area contributed by atoms with Crippen LogP contribution < -0.4 is 10.6 Å². The van der Waals surface area contributed by atoms with Crippen LogP contribution in [0.15, 0.2) is 24.3 Å². The summed E-state index contributed by atoms with van der Waals surface area (Å²) >= 11 is 5.76. The molecule has 0 spiro atoms. The summed E-state index contributed by atoms with van der Waals surface area (Å²) in [5.41, 5.74) is -0.363. The average Bonchev–Trinajstić information content (AvgIpc) is 2.34. The van der Waals surface area contributed by atoms with Crippen molar-refractivity contribution in [3.63, 3.8) is 0 Å². The predicted octanol–water partition coefficient (Wildman–Crippen LogP) is 1.40. The van der Waals surface area contributed by atoms with Gasteiger partial charge < -0.3 is 15.7 Å². The molecule has 1 rings (SSSR count). The van der Waals surface area contributed by atoms with E-state index in [1.54, 1.807) is 38.1 Å². The van der Waals surface area contributed by atoms with Gasteiger partial charge >= 0.3 is 0 Å². The molecule has 1 aromatic carbocycles. The fraction of sp³-hybridized carbons (Fsp3) is 0.429. The van der Waals surface area contributed by atoms with Crippen LogP contribution in [-0.4, -0.2) is 29.0 Å². The van der Waals surface area contributed by atoms with Crippen molar-refractivity contribution >= 4 is 23.4 Å². The molecule has 0 radical (unpaired) electrons. The highest BCUT2D eigenvalue weighted by atomic mass is 35.5. The van der Waals surface area contributed by atoms with E-state index in [1.165, 1.54) is 6.92 Å². The van der Waals surface area contributed by atoms with Crippen LogP contribution in [0.1, 0.15) is 32.4 Å². The van der Waals surface area contributed by atoms with Crippen LogP contribution in [0, 0.1) is 0 Å². The van der Waals surface area contributed by atoms with Gasteiger partial charge in [0.25, 0.3) is 0 Å². The summed E-state index contributed by atoms with van der Waals surface area (Å²) in [5.74, 6) is -0.649. The van der Waals surface area contributed by atoms with E-state index in [-0.39, 0.29) is 18.4 Å². The van der Waals surface area contributed by atoms with Crippen LogP contribution in [0.5, 0.6) is 0 Å². The topological polar surface area (TPSA) is 78.4 Å². The van der Waals surface area contributed by atoms with Gasteiger partial charge in [-0.25, -0.2) is 0 Å². The van der Waals surface area contributed by atoms with Crippen molar-refractivity contribution in [1.29, 1.82) is 0 Å². The number of benzene rings is 1. The molecule has 6 heteroatoms. The Labute approximate surface area is 123 Å². The van der Waals surface area contributed by atoms with Gasteiger partial charge in [0.1, 0.15) is 5.54 Å². The van der Waals surface area contributed by atoms with Crippen LogP contribution in [0.4, 0.5) is 0 Å². The maximum atomic E-state index is 11.9. The summed E-state index contributed by atoms with van der Waals surface area (Å²) in [5, 5.41) is 15.7. The van der Waals surface area contributed by atoms with Gasteiger partial charge in [0.2, 0.25) is 11.8 Å². The second kappa shape index (κ2) is 6.72. The standard InChI is InChI=1S/C14H19ClN2O3/c1-9(18)17-14(2,3)13(20)16-8-12(19)10-4-6-11(15)7-5-10/h4-7,12,19H,8H2,1-3H3,(H,16,20)(H,17,18). The molecule has 0 aliphatic rings. The van der Waals surface area contributed by atoms with E-state index < -0.39 is 11.6 Å². The summed E-state index contributed by atoms with van der Waals surface area (Å²) in [6.07, 6.45) is -0.829. The minimum Gasteiger partial charge on any atom is -0.387 e. The molecule has 2 amide bonds. The van der Waals surface area contributed by atoms with Crippen molar-refractivity contribution < 1.29 is 14.7 Å². The Morgan fingerprint density at radius 2 is 1.85 bits per heavy atom. The fourth-order valence-corrected chi connectivity index (χ4v) is 1.84. The molecule has 110 valence electrons. The normalized spacial score (nSPS) is 12.7. The molecule has 0 aromatic heterocycles. The van der Waals surface area contributed by atoms with E-state index in [0.717, 1.165) is 0 Å². The molecule has 1 unspecified atom stereocenters. The van der Waals surface area contributed by atoms with E-state index in [1.807, 2.05) is 0 Å². The van der Waals surface area contributed by atoms with Gasteiger partial charge in [0.15, 0.2) is 0 Å². The minimum absolute atomic E-state index is 0.0590. The Balaban J connectivity index is 2.56. The van der Waals surface area contributed by atoms with Gasteiger partial charge in [-0.3, -0.25) is 9.59 Å². The summed E-state index contributed by atoms with van der Waals surface area (Å²) < 4.78 is 0. The van der Waals surface area contributed by atoms with E-state index in [9.17, 15) is 14.7 Å². The Morgan fingerprint density at radius 1 is 1.30 bits per heavy atom. The van der Waals surface area contributed by atoms with Gasteiger partial charge in [0.05, 0.1) is 6.10 Å². The fourth-order valence-electron chi connectivity index (χ4n) is 1.71. The number of rotatable bonds is 5. The largest absolute Gasteiger partial charge is 0.387 e. The number of amides is 2. The van der Waals surface area contributed by atoms with Crippen molar-refractivity contribution in [2.45, 2.75) is 32.4 Å². The van der Waals surface area contributed by atoms with Gasteiger partial charge in [-0.1, -0.05) is 23.7 Å². The lowest BCUT2D eigenvalue weighted by Gasteiger charge is -2.25. The molecule has 5 nitrogen and oxygen atoms in total. The van der Waals surface area contributed by atoms with Crippen molar-refractivity contribution in [3.8, 4) is 0 Å². The van der Waals surface area contributed by atoms with Crippen molar-refractivity contribution in [2.24, 2.45) is 0 Å². The smallest absolute Gasteiger partial charge is 0.245 e. The van der Waals surface area contributed by atoms with Gasteiger partial charge in [-0.05, 0) is 31.5 Å². The first-order valence-corrected chi connectivity index (χ1v) is 6.61. The van der Waals surface area contributed by atoms with Gasteiger partial charge in [0, 0.05) is 18.5 Å². The summed E-state index contributed by atoms with van der Waals surface area (Å²) in [6, 6.07) is 6.72. The lowest BCUT2D eigenvalue weighted by molar-refractivity contribution is -0.131. The van der Waals surface area contributed by atoms with E-state index in [4.69, 9.17) is 11.6 Å². The highest BCUT2D eigenvalue weighted by molar-refractivity contribution is 6.30. The third kappa shape index (κ3) is 4.83. The second-order valence-corrected chi connectivity index (χ2v) is 5.52. The van der Waals surface area contributed by atoms with Crippen LogP contribution in [0.3, 0.4) is 0 Å². The number of carbonyl (C=O) groups excluding carboxylic acids is 2. The number of halogens is 1. The number of aliphatic hydroxyl groups is 1. The lowest BCUT2D eigenvalue weighted by atomic mass is 10.0. The molecule has 0 saturated carbocycles. The lowest BCUT2D eigenvalue weighted by Crippen LogP contribution is -2.54. The molecule has 0 aliphatic carbocycles. The van der Waals surface area contributed by atoms with E-state index in [2.05, 4.69) is 10.6 Å². The third-order valence-electron chi connectivity index (χ3n) is 2.77. The summed E-state index contributed by atoms with van der Waals surface area (Å²) in [6.45, 7) is 4.60. The molecule has 20 heavy (non-hydrogen) atoms. The zero-order valence-electron chi connectivity index (χ0n) is 11.7. The third-order valence-corrected chi connectivity index (χ3v) is 3.02. The Kier molecular flexibility index (Phi) is 5.53. The van der Waals surface area contributed by atoms with Crippen molar-refractivity contribution in [3.05, 3.63) is 34.9 Å². The highest BCUT2D eigenvalue weighted by Gasteiger charge is 2.28. The monoisotopic (exact) mass is 298 g/mol. The Hall–Kier alpha value is -1.59. The highest BCUT2D eigenvalue weighted by Crippen LogP contribution is 2.16. The predicted molar refractivity (Wildman–Crippen MR) is 77.3 cm³/mol. The SMILES string of the molecule is CC(=O)NC(C)(C)C(=O)NCC(O)c1ccc(Cl)cc1. The van der Waals surface area contributed by atoms with Crippen LogP contribution >= 0.6 is 11.6 Å². The molecule has 1 atom stereocenters. The van der Waals surface area contributed by atoms with Gasteiger partial charge in [-0.15, -0.1) is 0 Å². The molecular weight excluding hydrogens is 280 g/mol. The van der Waals surface area contributed by atoms with Crippen LogP contribution in [-0.2, 0) is 9.59 Å². The maximum absolute atomic E-state index is 11.9. The first-order chi connectivity index (χ1) is 9.22. The molecule has 0 fully saturated rings. The second-order valence-electron chi connectivity index (χ2n) is 5.08. The van der Waals surface area contributed by atoms with E-state index >= 15 is 0 Å². The quantitative estimate of drug-likeness (QED) is 0.769.